The summed E-state index contributed by atoms with van der Waals surface area (Å²) in [7, 11) is 0. The van der Waals surface area contributed by atoms with E-state index < -0.39 is 11.2 Å². The van der Waals surface area contributed by atoms with Gasteiger partial charge in [-0.2, -0.15) is 0 Å². The lowest BCUT2D eigenvalue weighted by molar-refractivity contribution is -0.112. The zero-order chi connectivity index (χ0) is 15.9. The first-order chi connectivity index (χ1) is 10.5. The monoisotopic (exact) mass is 319 g/mol. The molecule has 1 N–H and O–H groups in total. The molecule has 1 fully saturated rings. The van der Waals surface area contributed by atoms with Crippen LogP contribution in [0.25, 0.3) is 0 Å². The third kappa shape index (κ3) is 2.66. The molecule has 22 heavy (non-hydrogen) atoms. The quantitative estimate of drug-likeness (QED) is 0.670. The fraction of sp³-hybridized carbons (Fsp3) is 0.438. The van der Waals surface area contributed by atoms with Gasteiger partial charge in [-0.1, -0.05) is 0 Å². The van der Waals surface area contributed by atoms with Crippen molar-refractivity contribution in [2.45, 2.75) is 19.9 Å². The molecule has 2 aliphatic rings. The number of hydrogen-bond donors (Lipinski definition) is 1. The Bertz CT molecular complexity index is 671. The zero-order valence-corrected chi connectivity index (χ0v) is 13.4. The molecule has 0 aliphatic carbocycles. The summed E-state index contributed by atoms with van der Waals surface area (Å²) in [6.07, 6.45) is 0. The van der Waals surface area contributed by atoms with E-state index in [0.717, 1.165) is 25.3 Å². The molecule has 0 bridgehead atoms. The van der Waals surface area contributed by atoms with Gasteiger partial charge in [-0.25, -0.2) is 0 Å². The summed E-state index contributed by atoms with van der Waals surface area (Å²) < 4.78 is 0. The number of carbonyl (C=O) groups is 2. The molecule has 0 radical (unpaired) electrons. The minimum absolute atomic E-state index is 0.261. The second kappa shape index (κ2) is 5.82. The number of piperazine rings is 1. The van der Waals surface area contributed by atoms with Crippen molar-refractivity contribution in [1.29, 1.82) is 0 Å². The fourth-order valence-corrected chi connectivity index (χ4v) is 3.31. The largest absolute Gasteiger partial charge is 0.369 e. The van der Waals surface area contributed by atoms with Crippen LogP contribution >= 0.6 is 11.6 Å². The maximum absolute atomic E-state index is 12.4. The van der Waals surface area contributed by atoms with Gasteiger partial charge in [0.2, 0.25) is 5.24 Å². The van der Waals surface area contributed by atoms with Crippen LogP contribution in [0.3, 0.4) is 0 Å². The molecule has 1 aromatic rings. The number of Topliss-reactive ketones (excluding diaryl/α,β-unsaturated/α-hetero) is 1. The first-order valence-corrected chi connectivity index (χ1v) is 7.76. The summed E-state index contributed by atoms with van der Waals surface area (Å²) in [5, 5.41) is 2.73. The Labute approximate surface area is 134 Å². The van der Waals surface area contributed by atoms with Gasteiger partial charge in [-0.3, -0.25) is 14.6 Å². The topological polar surface area (TPSA) is 61.8 Å². The van der Waals surface area contributed by atoms with Crippen molar-refractivity contribution in [2.24, 2.45) is 10.9 Å². The number of halogens is 1. The molecule has 5 nitrogen and oxygen atoms in total. The van der Waals surface area contributed by atoms with E-state index in [9.17, 15) is 9.59 Å². The van der Waals surface area contributed by atoms with E-state index in [2.05, 4.69) is 22.1 Å². The molecular weight excluding hydrogens is 302 g/mol. The highest BCUT2D eigenvalue weighted by molar-refractivity contribution is 6.68. The van der Waals surface area contributed by atoms with Gasteiger partial charge in [-0.15, -0.1) is 0 Å². The zero-order valence-electron chi connectivity index (χ0n) is 12.6. The molecule has 0 saturated carbocycles. The van der Waals surface area contributed by atoms with Gasteiger partial charge in [-0.05, 0) is 43.6 Å². The average molecular weight is 320 g/mol. The molecule has 2 aliphatic heterocycles. The van der Waals surface area contributed by atoms with Crippen molar-refractivity contribution in [3.8, 4) is 0 Å². The molecule has 3 rings (SSSR count). The Morgan fingerprint density at radius 1 is 1.45 bits per heavy atom. The van der Waals surface area contributed by atoms with Crippen LogP contribution in [0.15, 0.2) is 23.2 Å². The third-order valence-corrected chi connectivity index (χ3v) is 4.40. The molecule has 1 aromatic carbocycles. The van der Waals surface area contributed by atoms with Crippen molar-refractivity contribution < 1.29 is 9.59 Å². The fourth-order valence-electron chi connectivity index (χ4n) is 3.05. The summed E-state index contributed by atoms with van der Waals surface area (Å²) in [6, 6.07) is 6.02. The molecule has 0 amide bonds. The summed E-state index contributed by atoms with van der Waals surface area (Å²) in [6.45, 7) is 6.58. The van der Waals surface area contributed by atoms with Gasteiger partial charge in [0.1, 0.15) is 5.92 Å². The molecule has 6 heteroatoms. The standard InChI is InChI=1S/C16H18ClN3O2/c1-9-8-20(6-5-18-9)11-3-4-12-13(7-11)19-10(2)14(15(12)21)16(17)22/h3-4,7,9,14,18H,5-6,8H2,1-2H3. The number of nitrogens with one attached hydrogen (secondary N) is 1. The van der Waals surface area contributed by atoms with E-state index in [0.29, 0.717) is 23.0 Å². The Kier molecular flexibility index (Phi) is 4.02. The highest BCUT2D eigenvalue weighted by Crippen LogP contribution is 2.33. The predicted octanol–water partition coefficient (Wildman–Crippen LogP) is 2.16. The summed E-state index contributed by atoms with van der Waals surface area (Å²) in [5.74, 6) is -1.21. The SMILES string of the molecule is CC1=Nc2cc(N3CCNC(C)C3)ccc2C(=O)C1C(=O)Cl. The van der Waals surface area contributed by atoms with Crippen LogP contribution in [0.1, 0.15) is 24.2 Å². The van der Waals surface area contributed by atoms with E-state index in [1.807, 2.05) is 12.1 Å². The van der Waals surface area contributed by atoms with Crippen molar-refractivity contribution in [2.75, 3.05) is 24.5 Å². The number of benzene rings is 1. The van der Waals surface area contributed by atoms with Crippen LogP contribution < -0.4 is 10.2 Å². The Balaban J connectivity index is 1.95. The van der Waals surface area contributed by atoms with Crippen LogP contribution in [0, 0.1) is 5.92 Å². The van der Waals surface area contributed by atoms with Gasteiger partial charge < -0.3 is 10.2 Å². The Hall–Kier alpha value is -1.72. The number of nitrogens with zero attached hydrogens (tertiary/aromatic N) is 2. The molecule has 2 heterocycles. The average Bonchev–Trinajstić information content (AvgIpc) is 2.46. The first-order valence-electron chi connectivity index (χ1n) is 7.38. The molecule has 0 spiro atoms. The van der Waals surface area contributed by atoms with E-state index in [4.69, 9.17) is 11.6 Å². The number of fused-ring (bicyclic) bond motifs is 1. The second-order valence-corrected chi connectivity index (χ2v) is 6.23. The first kappa shape index (κ1) is 15.2. The van der Waals surface area contributed by atoms with Gasteiger partial charge >= 0.3 is 0 Å². The van der Waals surface area contributed by atoms with Gasteiger partial charge in [0.05, 0.1) is 5.69 Å². The number of rotatable bonds is 2. The van der Waals surface area contributed by atoms with Crippen molar-refractivity contribution in [3.05, 3.63) is 23.8 Å². The van der Waals surface area contributed by atoms with Gasteiger partial charge in [0, 0.05) is 42.6 Å². The van der Waals surface area contributed by atoms with Crippen LogP contribution in [-0.4, -0.2) is 42.4 Å². The number of carbonyl (C=O) groups excluding carboxylic acids is 2. The lowest BCUT2D eigenvalue weighted by Gasteiger charge is -2.34. The summed E-state index contributed by atoms with van der Waals surface area (Å²) in [4.78, 5) is 30.5. The predicted molar refractivity (Wildman–Crippen MR) is 87.6 cm³/mol. The molecule has 116 valence electrons. The minimum Gasteiger partial charge on any atom is -0.369 e. The van der Waals surface area contributed by atoms with E-state index in [1.54, 1.807) is 13.0 Å². The lowest BCUT2D eigenvalue weighted by atomic mass is 9.90. The van der Waals surface area contributed by atoms with Crippen LogP contribution in [0.5, 0.6) is 0 Å². The molecule has 1 saturated heterocycles. The van der Waals surface area contributed by atoms with Crippen LogP contribution in [0.4, 0.5) is 11.4 Å². The summed E-state index contributed by atoms with van der Waals surface area (Å²) in [5.41, 5.74) is 2.60. The number of hydrogen-bond acceptors (Lipinski definition) is 5. The normalized spacial score (nSPS) is 24.8. The van der Waals surface area contributed by atoms with Crippen molar-refractivity contribution >= 4 is 39.7 Å². The van der Waals surface area contributed by atoms with Crippen molar-refractivity contribution in [3.63, 3.8) is 0 Å². The van der Waals surface area contributed by atoms with Crippen LogP contribution in [-0.2, 0) is 4.79 Å². The lowest BCUT2D eigenvalue weighted by Crippen LogP contribution is -2.49. The Morgan fingerprint density at radius 3 is 2.91 bits per heavy atom. The minimum atomic E-state index is -0.945. The van der Waals surface area contributed by atoms with Crippen molar-refractivity contribution in [1.82, 2.24) is 5.32 Å². The number of aliphatic imine (C=N–C) groups is 1. The molecule has 2 atom stereocenters. The van der Waals surface area contributed by atoms with Crippen LogP contribution in [0.2, 0.25) is 0 Å². The number of ketones is 1. The molecular formula is C16H18ClN3O2. The summed E-state index contributed by atoms with van der Waals surface area (Å²) >= 11 is 5.53. The van der Waals surface area contributed by atoms with Gasteiger partial charge in [0.15, 0.2) is 5.78 Å². The highest BCUT2D eigenvalue weighted by Gasteiger charge is 2.34. The second-order valence-electron chi connectivity index (χ2n) is 5.86. The van der Waals surface area contributed by atoms with Gasteiger partial charge in [0.25, 0.3) is 0 Å². The van der Waals surface area contributed by atoms with E-state index in [-0.39, 0.29) is 5.78 Å². The highest BCUT2D eigenvalue weighted by atomic mass is 35.5. The van der Waals surface area contributed by atoms with E-state index >= 15 is 0 Å². The third-order valence-electron chi connectivity index (χ3n) is 4.18. The maximum atomic E-state index is 12.4. The maximum Gasteiger partial charge on any atom is 0.238 e. The smallest absolute Gasteiger partial charge is 0.238 e. The van der Waals surface area contributed by atoms with E-state index in [1.165, 1.54) is 0 Å². The molecule has 0 aromatic heterocycles. The Morgan fingerprint density at radius 2 is 2.23 bits per heavy atom. The number of anilines is 1. The molecule has 2 unspecified atom stereocenters.